The Hall–Kier alpha value is -2.92. The molecule has 27 heavy (non-hydrogen) atoms. The first kappa shape index (κ1) is 17.5. The number of rotatable bonds is 4. The van der Waals surface area contributed by atoms with Gasteiger partial charge in [-0.25, -0.2) is 0 Å². The SMILES string of the molecule is NC(=O)c1ccc(NC(=O)c2csc3c2CCC(c2ccccc2)C3)cc1. The van der Waals surface area contributed by atoms with Crippen LogP contribution in [0.2, 0.25) is 0 Å². The van der Waals surface area contributed by atoms with Crippen molar-refractivity contribution in [3.8, 4) is 0 Å². The zero-order valence-electron chi connectivity index (χ0n) is 14.8. The van der Waals surface area contributed by atoms with Gasteiger partial charge in [0.25, 0.3) is 5.91 Å². The minimum Gasteiger partial charge on any atom is -0.366 e. The molecule has 0 saturated heterocycles. The summed E-state index contributed by atoms with van der Waals surface area (Å²) in [4.78, 5) is 25.2. The summed E-state index contributed by atoms with van der Waals surface area (Å²) < 4.78 is 0. The van der Waals surface area contributed by atoms with Crippen LogP contribution >= 0.6 is 11.3 Å². The molecule has 1 aliphatic carbocycles. The first-order valence-electron chi connectivity index (χ1n) is 8.97. The molecule has 0 aliphatic heterocycles. The van der Waals surface area contributed by atoms with Crippen LogP contribution in [0.15, 0.2) is 60.0 Å². The van der Waals surface area contributed by atoms with E-state index in [4.69, 9.17) is 5.73 Å². The number of carbonyl (C=O) groups is 2. The molecule has 1 heterocycles. The molecule has 0 saturated carbocycles. The molecule has 0 radical (unpaired) electrons. The van der Waals surface area contributed by atoms with Gasteiger partial charge in [-0.2, -0.15) is 0 Å². The van der Waals surface area contributed by atoms with Gasteiger partial charge in [0.05, 0.1) is 5.56 Å². The predicted molar refractivity (Wildman–Crippen MR) is 108 cm³/mol. The molecule has 4 nitrogen and oxygen atoms in total. The first-order valence-corrected chi connectivity index (χ1v) is 9.85. The second kappa shape index (κ2) is 7.37. The standard InChI is InChI=1S/C22H20N2O2S/c23-21(25)15-6-9-17(10-7-15)24-22(26)19-13-27-20-12-16(8-11-18(19)20)14-4-2-1-3-5-14/h1-7,9-10,13,16H,8,11-12H2,(H2,23,25)(H,24,26). The number of anilines is 1. The molecule has 4 rings (SSSR count). The van der Waals surface area contributed by atoms with Crippen LogP contribution in [0.3, 0.4) is 0 Å². The third-order valence-corrected chi connectivity index (χ3v) is 6.15. The summed E-state index contributed by atoms with van der Waals surface area (Å²) in [6.45, 7) is 0. The Bertz CT molecular complexity index is 977. The summed E-state index contributed by atoms with van der Waals surface area (Å²) >= 11 is 1.67. The number of thiophene rings is 1. The Morgan fingerprint density at radius 1 is 1.04 bits per heavy atom. The minimum atomic E-state index is -0.479. The number of primary amides is 1. The number of fused-ring (bicyclic) bond motifs is 1. The fourth-order valence-corrected chi connectivity index (χ4v) is 4.79. The van der Waals surface area contributed by atoms with Crippen LogP contribution in [-0.2, 0) is 12.8 Å². The van der Waals surface area contributed by atoms with Gasteiger partial charge in [-0.1, -0.05) is 30.3 Å². The number of hydrogen-bond acceptors (Lipinski definition) is 3. The predicted octanol–water partition coefficient (Wildman–Crippen LogP) is 4.37. The van der Waals surface area contributed by atoms with Crippen molar-refractivity contribution in [1.82, 2.24) is 0 Å². The highest BCUT2D eigenvalue weighted by molar-refractivity contribution is 7.10. The molecule has 1 atom stereocenters. The van der Waals surface area contributed by atoms with E-state index < -0.39 is 5.91 Å². The molecule has 3 N–H and O–H groups in total. The molecule has 3 aromatic rings. The van der Waals surface area contributed by atoms with Crippen molar-refractivity contribution in [3.63, 3.8) is 0 Å². The summed E-state index contributed by atoms with van der Waals surface area (Å²) in [6, 6.07) is 17.2. The molecular formula is C22H20N2O2S. The number of nitrogens with one attached hydrogen (secondary N) is 1. The molecule has 5 heteroatoms. The van der Waals surface area contributed by atoms with E-state index in [0.717, 1.165) is 24.8 Å². The van der Waals surface area contributed by atoms with Crippen molar-refractivity contribution >= 4 is 28.8 Å². The molecule has 0 fully saturated rings. The van der Waals surface area contributed by atoms with Crippen LogP contribution in [0.4, 0.5) is 5.69 Å². The molecule has 1 aromatic heterocycles. The van der Waals surface area contributed by atoms with Gasteiger partial charge < -0.3 is 11.1 Å². The number of nitrogens with two attached hydrogens (primary N) is 1. The van der Waals surface area contributed by atoms with Gasteiger partial charge in [-0.15, -0.1) is 11.3 Å². The maximum absolute atomic E-state index is 12.7. The summed E-state index contributed by atoms with van der Waals surface area (Å²) in [5.74, 6) is -0.0557. The molecule has 1 aliphatic rings. The van der Waals surface area contributed by atoms with Crippen molar-refractivity contribution in [2.75, 3.05) is 5.32 Å². The molecule has 0 spiro atoms. The maximum atomic E-state index is 12.7. The van der Waals surface area contributed by atoms with E-state index in [1.54, 1.807) is 35.6 Å². The van der Waals surface area contributed by atoms with Crippen LogP contribution in [0.1, 0.15) is 49.1 Å². The molecule has 2 amide bonds. The van der Waals surface area contributed by atoms with Crippen molar-refractivity contribution in [3.05, 3.63) is 87.1 Å². The third kappa shape index (κ3) is 3.64. The van der Waals surface area contributed by atoms with Crippen LogP contribution < -0.4 is 11.1 Å². The Labute approximate surface area is 162 Å². The average molecular weight is 376 g/mol. The van der Waals surface area contributed by atoms with E-state index in [1.807, 2.05) is 11.4 Å². The Kier molecular flexibility index (Phi) is 4.77. The van der Waals surface area contributed by atoms with Crippen molar-refractivity contribution in [2.24, 2.45) is 5.73 Å². The fourth-order valence-electron chi connectivity index (χ4n) is 3.63. The summed E-state index contributed by atoms with van der Waals surface area (Å²) in [7, 11) is 0. The van der Waals surface area contributed by atoms with Crippen molar-refractivity contribution in [1.29, 1.82) is 0 Å². The second-order valence-corrected chi connectivity index (χ2v) is 7.76. The number of benzene rings is 2. The topological polar surface area (TPSA) is 72.2 Å². The van der Waals surface area contributed by atoms with Crippen LogP contribution in [0.25, 0.3) is 0 Å². The van der Waals surface area contributed by atoms with Gasteiger partial charge in [-0.05, 0) is 60.6 Å². The lowest BCUT2D eigenvalue weighted by molar-refractivity contribution is 0.0998. The highest BCUT2D eigenvalue weighted by Gasteiger charge is 2.26. The number of hydrogen-bond donors (Lipinski definition) is 2. The summed E-state index contributed by atoms with van der Waals surface area (Å²) in [5.41, 5.74) is 9.64. The number of carbonyl (C=O) groups excluding carboxylic acids is 2. The molecule has 0 bridgehead atoms. The lowest BCUT2D eigenvalue weighted by atomic mass is 9.83. The van der Waals surface area contributed by atoms with Crippen LogP contribution in [0, 0.1) is 0 Å². The zero-order valence-corrected chi connectivity index (χ0v) is 15.6. The highest BCUT2D eigenvalue weighted by Crippen LogP contribution is 2.37. The van der Waals surface area contributed by atoms with E-state index in [1.165, 1.54) is 16.0 Å². The average Bonchev–Trinajstić information content (AvgIpc) is 3.12. The normalized spacial score (nSPS) is 15.8. The van der Waals surface area contributed by atoms with Crippen LogP contribution in [0.5, 0.6) is 0 Å². The second-order valence-electron chi connectivity index (χ2n) is 6.80. The lowest BCUT2D eigenvalue weighted by Crippen LogP contribution is -2.17. The van der Waals surface area contributed by atoms with Gasteiger partial charge in [0.1, 0.15) is 0 Å². The monoisotopic (exact) mass is 376 g/mol. The van der Waals surface area contributed by atoms with Crippen molar-refractivity contribution in [2.45, 2.75) is 25.2 Å². The van der Waals surface area contributed by atoms with Crippen molar-refractivity contribution < 1.29 is 9.59 Å². The van der Waals surface area contributed by atoms with E-state index in [0.29, 0.717) is 17.2 Å². The number of amides is 2. The van der Waals surface area contributed by atoms with E-state index >= 15 is 0 Å². The summed E-state index contributed by atoms with van der Waals surface area (Å²) in [6.07, 6.45) is 2.97. The quantitative estimate of drug-likeness (QED) is 0.710. The Morgan fingerprint density at radius 2 is 1.78 bits per heavy atom. The van der Waals surface area contributed by atoms with Gasteiger partial charge in [0.2, 0.25) is 5.91 Å². The van der Waals surface area contributed by atoms with Gasteiger partial charge in [0, 0.05) is 21.5 Å². The third-order valence-electron chi connectivity index (χ3n) is 5.10. The highest BCUT2D eigenvalue weighted by atomic mass is 32.1. The fraction of sp³-hybridized carbons (Fsp3) is 0.182. The molecule has 1 unspecified atom stereocenters. The maximum Gasteiger partial charge on any atom is 0.256 e. The molecule has 136 valence electrons. The Balaban J connectivity index is 1.49. The van der Waals surface area contributed by atoms with Gasteiger partial charge >= 0.3 is 0 Å². The van der Waals surface area contributed by atoms with Gasteiger partial charge in [0.15, 0.2) is 0 Å². The minimum absolute atomic E-state index is 0.0995. The molecular weight excluding hydrogens is 356 g/mol. The van der Waals surface area contributed by atoms with E-state index in [-0.39, 0.29) is 5.91 Å². The van der Waals surface area contributed by atoms with E-state index in [2.05, 4.69) is 29.6 Å². The van der Waals surface area contributed by atoms with Crippen LogP contribution in [-0.4, -0.2) is 11.8 Å². The first-order chi connectivity index (χ1) is 13.1. The zero-order chi connectivity index (χ0) is 18.8. The smallest absolute Gasteiger partial charge is 0.256 e. The summed E-state index contributed by atoms with van der Waals surface area (Å²) in [5, 5.41) is 4.88. The van der Waals surface area contributed by atoms with E-state index in [9.17, 15) is 9.59 Å². The largest absolute Gasteiger partial charge is 0.366 e. The molecule has 2 aromatic carbocycles. The lowest BCUT2D eigenvalue weighted by Gasteiger charge is -2.23. The Morgan fingerprint density at radius 3 is 2.48 bits per heavy atom. The van der Waals surface area contributed by atoms with Gasteiger partial charge in [-0.3, -0.25) is 9.59 Å².